The van der Waals surface area contributed by atoms with Crippen LogP contribution < -0.4 is 0 Å². The molecule has 1 nitrogen and oxygen atoms in total. The number of hydrogen-bond donors (Lipinski definition) is 0. The Balaban J connectivity index is 3.58. The normalized spacial score (nSPS) is 9.29. The van der Waals surface area contributed by atoms with Gasteiger partial charge in [0.15, 0.2) is 0 Å². The highest BCUT2D eigenvalue weighted by Gasteiger charge is 1.74. The van der Waals surface area contributed by atoms with E-state index in [9.17, 15) is 4.79 Å². The van der Waals surface area contributed by atoms with Gasteiger partial charge < -0.3 is 0 Å². The van der Waals surface area contributed by atoms with Gasteiger partial charge in [0.25, 0.3) is 0 Å². The lowest BCUT2D eigenvalue weighted by Crippen LogP contribution is -1.70. The molecule has 0 rings (SSSR count). The molecule has 0 aromatic rings. The van der Waals surface area contributed by atoms with Gasteiger partial charge in [-0.25, -0.2) is 0 Å². The van der Waals surface area contributed by atoms with Crippen LogP contribution in [0.15, 0.2) is 24.3 Å². The third-order valence-corrected chi connectivity index (χ3v) is 0.532. The van der Waals surface area contributed by atoms with Crippen molar-refractivity contribution in [2.24, 2.45) is 0 Å². The Morgan fingerprint density at radius 1 is 1.71 bits per heavy atom. The Morgan fingerprint density at radius 3 is 2.43 bits per heavy atom. The van der Waals surface area contributed by atoms with Crippen LogP contribution in [-0.2, 0) is 4.79 Å². The number of carbonyl (C=O) groups excluding carboxylic acids is 1. The molecular weight excluding hydrogens is 88.1 g/mol. The fraction of sp³-hybridized carbons (Fsp3) is 0.167. The molecule has 0 aliphatic heterocycles. The summed E-state index contributed by atoms with van der Waals surface area (Å²) in [5, 5.41) is 0. The van der Waals surface area contributed by atoms with Crippen LogP contribution in [-0.4, -0.2) is 6.29 Å². The molecule has 0 atom stereocenters. The third-order valence-electron chi connectivity index (χ3n) is 0.532. The van der Waals surface area contributed by atoms with Gasteiger partial charge in [-0.1, -0.05) is 18.7 Å². The molecular formula is C6H8O. The van der Waals surface area contributed by atoms with Crippen LogP contribution in [0.3, 0.4) is 0 Å². The van der Waals surface area contributed by atoms with Gasteiger partial charge in [-0.15, -0.1) is 0 Å². The molecule has 0 spiro atoms. The van der Waals surface area contributed by atoms with E-state index in [-0.39, 0.29) is 0 Å². The first-order valence-corrected chi connectivity index (χ1v) is 2.08. The van der Waals surface area contributed by atoms with E-state index in [4.69, 9.17) is 0 Å². The van der Waals surface area contributed by atoms with Gasteiger partial charge in [-0.2, -0.15) is 0 Å². The maximum atomic E-state index is 9.74. The average molecular weight is 96.1 g/mol. The first-order valence-electron chi connectivity index (χ1n) is 2.08. The molecule has 0 amide bonds. The van der Waals surface area contributed by atoms with Crippen molar-refractivity contribution < 1.29 is 4.79 Å². The lowest BCUT2D eigenvalue weighted by molar-refractivity contribution is -0.104. The minimum absolute atomic E-state index is 0.516. The summed E-state index contributed by atoms with van der Waals surface area (Å²) in [6.07, 6.45) is 4.16. The van der Waals surface area contributed by atoms with Gasteiger partial charge >= 0.3 is 0 Å². The molecule has 0 aromatic carbocycles. The standard InChI is InChI=1S/C6H8O/c1-3-4-6(2)5-7/h3-5H,2H2,1H3/b4-3-. The molecule has 0 N–H and O–H groups in total. The number of carbonyl (C=O) groups is 1. The summed E-state index contributed by atoms with van der Waals surface area (Å²) in [6.45, 7) is 5.25. The second-order valence-electron chi connectivity index (χ2n) is 1.19. The zero-order chi connectivity index (χ0) is 5.70. The summed E-state index contributed by atoms with van der Waals surface area (Å²) in [7, 11) is 0. The van der Waals surface area contributed by atoms with Crippen molar-refractivity contribution in [1.82, 2.24) is 0 Å². The van der Waals surface area contributed by atoms with E-state index in [1.54, 1.807) is 12.2 Å². The quantitative estimate of drug-likeness (QED) is 0.288. The predicted molar refractivity (Wildman–Crippen MR) is 30.0 cm³/mol. The molecule has 7 heavy (non-hydrogen) atoms. The lowest BCUT2D eigenvalue weighted by Gasteiger charge is -1.75. The van der Waals surface area contributed by atoms with Gasteiger partial charge in [-0.3, -0.25) is 4.79 Å². The second kappa shape index (κ2) is 3.34. The molecule has 38 valence electrons. The second-order valence-corrected chi connectivity index (χ2v) is 1.19. The first-order chi connectivity index (χ1) is 3.31. The van der Waals surface area contributed by atoms with Gasteiger partial charge in [0.2, 0.25) is 0 Å². The predicted octanol–water partition coefficient (Wildman–Crippen LogP) is 1.32. The van der Waals surface area contributed by atoms with Crippen molar-refractivity contribution in [3.05, 3.63) is 24.3 Å². The smallest absolute Gasteiger partial charge is 0.149 e. The Morgan fingerprint density at radius 2 is 2.29 bits per heavy atom. The molecule has 0 unspecified atom stereocenters. The number of rotatable bonds is 2. The van der Waals surface area contributed by atoms with Crippen molar-refractivity contribution in [2.75, 3.05) is 0 Å². The van der Waals surface area contributed by atoms with Crippen LogP contribution in [0.1, 0.15) is 6.92 Å². The Bertz CT molecular complexity index is 101. The maximum Gasteiger partial charge on any atom is 0.149 e. The summed E-state index contributed by atoms with van der Waals surface area (Å²) in [5.41, 5.74) is 0.516. The largest absolute Gasteiger partial charge is 0.298 e. The molecule has 0 fully saturated rings. The van der Waals surface area contributed by atoms with E-state index in [0.29, 0.717) is 5.57 Å². The number of hydrogen-bond acceptors (Lipinski definition) is 1. The molecule has 1 heteroatoms. The van der Waals surface area contributed by atoms with E-state index in [2.05, 4.69) is 6.58 Å². The molecule has 0 aliphatic rings. The lowest BCUT2D eigenvalue weighted by atomic mass is 10.3. The molecule has 0 aliphatic carbocycles. The SMILES string of the molecule is C=C(C=O)/C=C\C. The van der Waals surface area contributed by atoms with Crippen molar-refractivity contribution in [1.29, 1.82) is 0 Å². The highest BCUT2D eigenvalue weighted by atomic mass is 16.1. The highest BCUT2D eigenvalue weighted by molar-refractivity contribution is 5.76. The average Bonchev–Trinajstić information content (AvgIpc) is 1.68. The topological polar surface area (TPSA) is 17.1 Å². The van der Waals surface area contributed by atoms with Gasteiger partial charge in [0.05, 0.1) is 0 Å². The minimum Gasteiger partial charge on any atom is -0.298 e. The van der Waals surface area contributed by atoms with Crippen LogP contribution in [0.4, 0.5) is 0 Å². The van der Waals surface area contributed by atoms with E-state index in [0.717, 1.165) is 6.29 Å². The van der Waals surface area contributed by atoms with Crippen LogP contribution in [0.25, 0.3) is 0 Å². The van der Waals surface area contributed by atoms with E-state index in [1.807, 2.05) is 6.92 Å². The summed E-state index contributed by atoms with van der Waals surface area (Å²) >= 11 is 0. The van der Waals surface area contributed by atoms with Crippen LogP contribution in [0.5, 0.6) is 0 Å². The molecule has 0 aromatic heterocycles. The molecule has 0 heterocycles. The van der Waals surface area contributed by atoms with Crippen LogP contribution in [0, 0.1) is 0 Å². The zero-order valence-electron chi connectivity index (χ0n) is 4.35. The Labute approximate surface area is 43.3 Å². The first kappa shape index (κ1) is 6.15. The van der Waals surface area contributed by atoms with Crippen molar-refractivity contribution >= 4 is 6.29 Å². The molecule has 0 bridgehead atoms. The van der Waals surface area contributed by atoms with Crippen LogP contribution in [0.2, 0.25) is 0 Å². The Hall–Kier alpha value is -0.850. The van der Waals surface area contributed by atoms with Crippen molar-refractivity contribution in [3.8, 4) is 0 Å². The molecule has 0 saturated heterocycles. The summed E-state index contributed by atoms with van der Waals surface area (Å²) in [6, 6.07) is 0. The number of aldehydes is 1. The van der Waals surface area contributed by atoms with E-state index in [1.165, 1.54) is 0 Å². The fourth-order valence-corrected chi connectivity index (χ4v) is 0.253. The monoisotopic (exact) mass is 96.1 g/mol. The minimum atomic E-state index is 0.516. The van der Waals surface area contributed by atoms with Crippen LogP contribution >= 0.6 is 0 Å². The highest BCUT2D eigenvalue weighted by Crippen LogP contribution is 1.83. The van der Waals surface area contributed by atoms with Crippen molar-refractivity contribution in [3.63, 3.8) is 0 Å². The summed E-state index contributed by atoms with van der Waals surface area (Å²) in [4.78, 5) is 9.74. The maximum absolute atomic E-state index is 9.74. The zero-order valence-corrected chi connectivity index (χ0v) is 4.35. The van der Waals surface area contributed by atoms with Gasteiger partial charge in [0, 0.05) is 5.57 Å². The van der Waals surface area contributed by atoms with E-state index < -0.39 is 0 Å². The summed E-state index contributed by atoms with van der Waals surface area (Å²) < 4.78 is 0. The fourth-order valence-electron chi connectivity index (χ4n) is 0.253. The molecule has 0 saturated carbocycles. The Kier molecular flexibility index (Phi) is 2.94. The summed E-state index contributed by atoms with van der Waals surface area (Å²) in [5.74, 6) is 0. The van der Waals surface area contributed by atoms with E-state index >= 15 is 0 Å². The third kappa shape index (κ3) is 2.97. The number of allylic oxidation sites excluding steroid dienone is 3. The van der Waals surface area contributed by atoms with Crippen molar-refractivity contribution in [2.45, 2.75) is 6.92 Å². The van der Waals surface area contributed by atoms with Gasteiger partial charge in [-0.05, 0) is 6.92 Å². The van der Waals surface area contributed by atoms with Gasteiger partial charge in [0.1, 0.15) is 6.29 Å². The molecule has 0 radical (unpaired) electrons.